The number of aromatic nitrogens is 2. The predicted molar refractivity (Wildman–Crippen MR) is 128 cm³/mol. The Hall–Kier alpha value is -3.58. The second-order valence-electron chi connectivity index (χ2n) is 7.13. The van der Waals surface area contributed by atoms with Gasteiger partial charge in [0.25, 0.3) is 5.56 Å². The monoisotopic (exact) mass is 445 g/mol. The van der Waals surface area contributed by atoms with Gasteiger partial charge in [-0.2, -0.15) is 0 Å². The molecule has 0 fully saturated rings. The zero-order chi connectivity index (χ0) is 22.3. The SMILES string of the molecule is COc1cccc(-n2c(SCC(=O)NCCc3ccccc3)nc3ccccc3c2=O)c1. The van der Waals surface area contributed by atoms with Gasteiger partial charge in [-0.25, -0.2) is 4.98 Å². The molecule has 6 nitrogen and oxygen atoms in total. The van der Waals surface area contributed by atoms with Gasteiger partial charge in [0, 0.05) is 12.6 Å². The van der Waals surface area contributed by atoms with Crippen LogP contribution >= 0.6 is 11.8 Å². The van der Waals surface area contributed by atoms with E-state index in [1.54, 1.807) is 25.3 Å². The average Bonchev–Trinajstić information content (AvgIpc) is 2.83. The number of ether oxygens (including phenoxy) is 1. The maximum absolute atomic E-state index is 13.3. The van der Waals surface area contributed by atoms with E-state index in [0.717, 1.165) is 6.42 Å². The fraction of sp³-hybridized carbons (Fsp3) is 0.160. The van der Waals surface area contributed by atoms with E-state index in [0.29, 0.717) is 34.0 Å². The van der Waals surface area contributed by atoms with E-state index >= 15 is 0 Å². The van der Waals surface area contributed by atoms with Crippen LogP contribution in [0.4, 0.5) is 0 Å². The minimum absolute atomic E-state index is 0.106. The first-order chi connectivity index (χ1) is 15.7. The van der Waals surface area contributed by atoms with Gasteiger partial charge in [0.1, 0.15) is 5.75 Å². The summed E-state index contributed by atoms with van der Waals surface area (Å²) >= 11 is 1.24. The van der Waals surface area contributed by atoms with E-state index in [1.165, 1.54) is 21.9 Å². The first kappa shape index (κ1) is 21.6. The molecule has 1 amide bonds. The van der Waals surface area contributed by atoms with Crippen LogP contribution < -0.4 is 15.6 Å². The summed E-state index contributed by atoms with van der Waals surface area (Å²) in [6.45, 7) is 0.553. The number of para-hydroxylation sites is 1. The normalized spacial score (nSPS) is 10.8. The van der Waals surface area contributed by atoms with Crippen LogP contribution in [0.1, 0.15) is 5.56 Å². The number of carbonyl (C=O) groups is 1. The molecule has 3 aromatic carbocycles. The summed E-state index contributed by atoms with van der Waals surface area (Å²) in [6, 6.07) is 24.5. The summed E-state index contributed by atoms with van der Waals surface area (Å²) in [5.74, 6) is 0.687. The molecule has 0 unspecified atom stereocenters. The van der Waals surface area contributed by atoms with Crippen LogP contribution in [0.2, 0.25) is 0 Å². The van der Waals surface area contributed by atoms with Crippen molar-refractivity contribution in [1.82, 2.24) is 14.9 Å². The maximum Gasteiger partial charge on any atom is 0.266 e. The van der Waals surface area contributed by atoms with Crippen molar-refractivity contribution in [2.45, 2.75) is 11.6 Å². The Morgan fingerprint density at radius 3 is 2.62 bits per heavy atom. The van der Waals surface area contributed by atoms with Crippen molar-refractivity contribution < 1.29 is 9.53 Å². The second-order valence-corrected chi connectivity index (χ2v) is 8.07. The van der Waals surface area contributed by atoms with Gasteiger partial charge in [0.15, 0.2) is 5.16 Å². The highest BCUT2D eigenvalue weighted by Crippen LogP contribution is 2.23. The van der Waals surface area contributed by atoms with Crippen LogP contribution in [0, 0.1) is 0 Å². The molecule has 0 aliphatic carbocycles. The number of amides is 1. The minimum atomic E-state index is -0.184. The molecule has 0 bridgehead atoms. The smallest absolute Gasteiger partial charge is 0.266 e. The van der Waals surface area contributed by atoms with E-state index in [2.05, 4.69) is 10.3 Å². The fourth-order valence-electron chi connectivity index (χ4n) is 3.36. The zero-order valence-corrected chi connectivity index (χ0v) is 18.5. The van der Waals surface area contributed by atoms with Crippen molar-refractivity contribution in [1.29, 1.82) is 0 Å². The maximum atomic E-state index is 13.3. The number of carbonyl (C=O) groups excluding carboxylic acids is 1. The molecule has 1 N–H and O–H groups in total. The number of benzene rings is 3. The highest BCUT2D eigenvalue weighted by atomic mass is 32.2. The lowest BCUT2D eigenvalue weighted by molar-refractivity contribution is -0.118. The van der Waals surface area contributed by atoms with Gasteiger partial charge in [0.2, 0.25) is 5.91 Å². The lowest BCUT2D eigenvalue weighted by Crippen LogP contribution is -2.28. The summed E-state index contributed by atoms with van der Waals surface area (Å²) in [6.07, 6.45) is 0.764. The standard InChI is InChI=1S/C25H23N3O3S/c1-31-20-11-7-10-19(16-20)28-24(30)21-12-5-6-13-22(21)27-25(28)32-17-23(29)26-15-14-18-8-3-2-4-9-18/h2-13,16H,14-15,17H2,1H3,(H,26,29). The Morgan fingerprint density at radius 2 is 1.81 bits per heavy atom. The number of hydrogen-bond donors (Lipinski definition) is 1. The number of nitrogens with zero attached hydrogens (tertiary/aromatic N) is 2. The molecular weight excluding hydrogens is 422 g/mol. The third kappa shape index (κ3) is 5.00. The Morgan fingerprint density at radius 1 is 1.03 bits per heavy atom. The van der Waals surface area contributed by atoms with Crippen LogP contribution in [-0.4, -0.2) is 34.9 Å². The Kier molecular flexibility index (Phi) is 6.87. The highest BCUT2D eigenvalue weighted by molar-refractivity contribution is 7.99. The predicted octanol–water partition coefficient (Wildman–Crippen LogP) is 3.85. The Balaban J connectivity index is 1.55. The quantitative estimate of drug-likeness (QED) is 0.330. The molecule has 0 saturated heterocycles. The Labute approximate surface area is 190 Å². The van der Waals surface area contributed by atoms with Gasteiger partial charge in [-0.1, -0.05) is 60.3 Å². The van der Waals surface area contributed by atoms with Gasteiger partial charge in [0.05, 0.1) is 29.5 Å². The summed E-state index contributed by atoms with van der Waals surface area (Å²) < 4.78 is 6.85. The molecule has 1 aromatic heterocycles. The molecule has 0 saturated carbocycles. The Bertz CT molecular complexity index is 1290. The minimum Gasteiger partial charge on any atom is -0.497 e. The lowest BCUT2D eigenvalue weighted by atomic mass is 10.1. The van der Waals surface area contributed by atoms with Crippen molar-refractivity contribution in [3.05, 3.63) is 94.8 Å². The first-order valence-corrected chi connectivity index (χ1v) is 11.2. The number of rotatable bonds is 8. The van der Waals surface area contributed by atoms with Crippen LogP contribution in [0.5, 0.6) is 5.75 Å². The number of methoxy groups -OCH3 is 1. The summed E-state index contributed by atoms with van der Waals surface area (Å²) in [4.78, 5) is 30.4. The second kappa shape index (κ2) is 10.2. The van der Waals surface area contributed by atoms with Crippen LogP contribution in [0.3, 0.4) is 0 Å². The van der Waals surface area contributed by atoms with Crippen molar-refractivity contribution in [2.75, 3.05) is 19.4 Å². The van der Waals surface area contributed by atoms with Crippen molar-refractivity contribution in [3.63, 3.8) is 0 Å². The third-order valence-corrected chi connectivity index (χ3v) is 5.91. The molecule has 0 aliphatic rings. The van der Waals surface area contributed by atoms with E-state index in [4.69, 9.17) is 4.74 Å². The molecule has 4 rings (SSSR count). The van der Waals surface area contributed by atoms with Crippen molar-refractivity contribution in [2.24, 2.45) is 0 Å². The molecule has 0 atom stereocenters. The number of nitrogens with one attached hydrogen (secondary N) is 1. The fourth-order valence-corrected chi connectivity index (χ4v) is 4.20. The summed E-state index contributed by atoms with van der Waals surface area (Å²) in [5.41, 5.74) is 2.22. The molecule has 4 aromatic rings. The number of fused-ring (bicyclic) bond motifs is 1. The van der Waals surface area contributed by atoms with Crippen LogP contribution in [0.15, 0.2) is 88.8 Å². The van der Waals surface area contributed by atoms with E-state index < -0.39 is 0 Å². The zero-order valence-electron chi connectivity index (χ0n) is 17.7. The third-order valence-electron chi connectivity index (χ3n) is 4.97. The molecule has 1 heterocycles. The number of hydrogen-bond acceptors (Lipinski definition) is 5. The number of thioether (sulfide) groups is 1. The molecule has 162 valence electrons. The van der Waals surface area contributed by atoms with Gasteiger partial charge in [-0.15, -0.1) is 0 Å². The summed E-state index contributed by atoms with van der Waals surface area (Å²) in [5, 5.41) is 3.91. The molecule has 0 aliphatic heterocycles. The molecular formula is C25H23N3O3S. The van der Waals surface area contributed by atoms with Gasteiger partial charge >= 0.3 is 0 Å². The van der Waals surface area contributed by atoms with E-state index in [9.17, 15) is 9.59 Å². The van der Waals surface area contributed by atoms with E-state index in [-0.39, 0.29) is 17.2 Å². The van der Waals surface area contributed by atoms with Gasteiger partial charge in [-0.3, -0.25) is 14.2 Å². The first-order valence-electron chi connectivity index (χ1n) is 10.3. The van der Waals surface area contributed by atoms with Gasteiger partial charge < -0.3 is 10.1 Å². The highest BCUT2D eigenvalue weighted by Gasteiger charge is 2.15. The molecule has 32 heavy (non-hydrogen) atoms. The van der Waals surface area contributed by atoms with Crippen LogP contribution in [0.25, 0.3) is 16.6 Å². The van der Waals surface area contributed by atoms with E-state index in [1.807, 2.05) is 60.7 Å². The topological polar surface area (TPSA) is 73.2 Å². The molecule has 7 heteroatoms. The van der Waals surface area contributed by atoms with Crippen molar-refractivity contribution >= 4 is 28.6 Å². The van der Waals surface area contributed by atoms with Crippen molar-refractivity contribution in [3.8, 4) is 11.4 Å². The molecule has 0 spiro atoms. The lowest BCUT2D eigenvalue weighted by Gasteiger charge is -2.14. The average molecular weight is 446 g/mol. The largest absolute Gasteiger partial charge is 0.497 e. The van der Waals surface area contributed by atoms with Crippen LogP contribution in [-0.2, 0) is 11.2 Å². The van der Waals surface area contributed by atoms with Gasteiger partial charge in [-0.05, 0) is 36.2 Å². The molecule has 0 radical (unpaired) electrons. The summed E-state index contributed by atoms with van der Waals surface area (Å²) in [7, 11) is 1.58.